The molecule has 0 aromatic carbocycles. The third-order valence-electron chi connectivity index (χ3n) is 7.68. The van der Waals surface area contributed by atoms with Crippen LogP contribution in [0.2, 0.25) is 0 Å². The number of piperidine rings is 1. The maximum absolute atomic E-state index is 10.1. The molecule has 31 heavy (non-hydrogen) atoms. The summed E-state index contributed by atoms with van der Waals surface area (Å²) < 4.78 is 0. The molecular formula is C24H28N6O. The van der Waals surface area contributed by atoms with E-state index in [1.165, 1.54) is 19.3 Å². The lowest BCUT2D eigenvalue weighted by Gasteiger charge is -2.43. The lowest BCUT2D eigenvalue weighted by atomic mass is 9.77. The standard InChI is InChI=1S/C24H28N6O/c31-21-2-1-20(21)30-14-8-24(16-30)6-12-29(13-7-24)23-18-5-11-26-15-19(18)27-22(28-23)17-3-9-25-10-4-17/h3-5,9-11,15,20-21,31H,1-2,6-8,12-14,16H2/t20-,21-/m1/s1. The highest BCUT2D eigenvalue weighted by atomic mass is 16.3. The molecule has 3 aromatic heterocycles. The lowest BCUT2D eigenvalue weighted by molar-refractivity contribution is -0.0164. The van der Waals surface area contributed by atoms with Crippen molar-refractivity contribution in [2.45, 2.75) is 44.2 Å². The number of anilines is 1. The molecule has 3 fully saturated rings. The van der Waals surface area contributed by atoms with Crippen LogP contribution >= 0.6 is 0 Å². The number of likely N-dealkylation sites (tertiary alicyclic amines) is 1. The van der Waals surface area contributed by atoms with Gasteiger partial charge in [0.1, 0.15) is 5.82 Å². The van der Waals surface area contributed by atoms with Crippen molar-refractivity contribution >= 4 is 16.7 Å². The largest absolute Gasteiger partial charge is 0.391 e. The van der Waals surface area contributed by atoms with E-state index in [-0.39, 0.29) is 6.10 Å². The van der Waals surface area contributed by atoms with Crippen LogP contribution in [-0.2, 0) is 0 Å². The molecule has 1 aliphatic carbocycles. The zero-order valence-corrected chi connectivity index (χ0v) is 17.7. The second kappa shape index (κ2) is 7.50. The topological polar surface area (TPSA) is 78.3 Å². The fraction of sp³-hybridized carbons (Fsp3) is 0.500. The maximum Gasteiger partial charge on any atom is 0.162 e. The fourth-order valence-corrected chi connectivity index (χ4v) is 5.58. The Balaban J connectivity index is 1.26. The Hall–Kier alpha value is -2.64. The van der Waals surface area contributed by atoms with Gasteiger partial charge in [-0.2, -0.15) is 0 Å². The predicted molar refractivity (Wildman–Crippen MR) is 120 cm³/mol. The van der Waals surface area contributed by atoms with Gasteiger partial charge in [0.2, 0.25) is 0 Å². The summed E-state index contributed by atoms with van der Waals surface area (Å²) in [5, 5.41) is 11.2. The van der Waals surface area contributed by atoms with Crippen molar-refractivity contribution in [2.75, 3.05) is 31.1 Å². The van der Waals surface area contributed by atoms with Gasteiger partial charge in [0.15, 0.2) is 5.82 Å². The minimum atomic E-state index is -0.108. The van der Waals surface area contributed by atoms with Crippen molar-refractivity contribution in [1.82, 2.24) is 24.8 Å². The molecule has 0 unspecified atom stereocenters. The molecule has 3 aromatic rings. The number of aliphatic hydroxyl groups is 1. The molecule has 7 heteroatoms. The third-order valence-corrected chi connectivity index (χ3v) is 7.68. The van der Waals surface area contributed by atoms with Crippen molar-refractivity contribution in [2.24, 2.45) is 5.41 Å². The molecule has 5 heterocycles. The number of fused-ring (bicyclic) bond motifs is 1. The number of aromatic nitrogens is 4. The molecular weight excluding hydrogens is 388 g/mol. The van der Waals surface area contributed by atoms with Crippen LogP contribution in [-0.4, -0.2) is 68.3 Å². The zero-order valence-electron chi connectivity index (χ0n) is 17.7. The monoisotopic (exact) mass is 416 g/mol. The molecule has 3 aliphatic rings. The summed E-state index contributed by atoms with van der Waals surface area (Å²) in [7, 11) is 0. The van der Waals surface area contributed by atoms with Crippen LogP contribution in [0.4, 0.5) is 5.82 Å². The first-order valence-corrected chi connectivity index (χ1v) is 11.4. The minimum Gasteiger partial charge on any atom is -0.391 e. The van der Waals surface area contributed by atoms with Crippen LogP contribution in [0.15, 0.2) is 43.0 Å². The van der Waals surface area contributed by atoms with Crippen molar-refractivity contribution in [3.63, 3.8) is 0 Å². The lowest BCUT2D eigenvalue weighted by Crippen LogP contribution is -2.51. The highest BCUT2D eigenvalue weighted by Gasteiger charge is 2.45. The Labute approximate surface area is 182 Å². The molecule has 2 aliphatic heterocycles. The van der Waals surface area contributed by atoms with E-state index in [4.69, 9.17) is 9.97 Å². The molecule has 160 valence electrons. The molecule has 2 atom stereocenters. The van der Waals surface area contributed by atoms with Gasteiger partial charge < -0.3 is 10.0 Å². The molecule has 1 N–H and O–H groups in total. The van der Waals surface area contributed by atoms with Gasteiger partial charge in [0.25, 0.3) is 0 Å². The fourth-order valence-electron chi connectivity index (χ4n) is 5.58. The Morgan fingerprint density at radius 2 is 1.68 bits per heavy atom. The SMILES string of the molecule is O[C@@H]1CC[C@H]1N1CCC2(CCN(c3nc(-c4ccncc4)nc4cnccc34)CC2)C1. The first-order valence-electron chi connectivity index (χ1n) is 11.4. The predicted octanol–water partition coefficient (Wildman–Crippen LogP) is 2.90. The Morgan fingerprint density at radius 3 is 2.42 bits per heavy atom. The Kier molecular flexibility index (Phi) is 4.61. The van der Waals surface area contributed by atoms with Gasteiger partial charge in [-0.3, -0.25) is 14.9 Å². The van der Waals surface area contributed by atoms with E-state index in [0.29, 0.717) is 11.5 Å². The van der Waals surface area contributed by atoms with Crippen LogP contribution in [0.5, 0.6) is 0 Å². The molecule has 1 saturated carbocycles. The Morgan fingerprint density at radius 1 is 0.903 bits per heavy atom. The zero-order chi connectivity index (χ0) is 20.8. The van der Waals surface area contributed by atoms with E-state index in [1.807, 2.05) is 30.6 Å². The first-order chi connectivity index (χ1) is 15.2. The summed E-state index contributed by atoms with van der Waals surface area (Å²) in [6.07, 6.45) is 12.8. The normalized spacial score (nSPS) is 25.8. The molecule has 6 rings (SSSR count). The average molecular weight is 417 g/mol. The number of rotatable bonds is 3. The van der Waals surface area contributed by atoms with E-state index in [2.05, 4.69) is 19.8 Å². The average Bonchev–Trinajstić information content (AvgIpc) is 3.21. The van der Waals surface area contributed by atoms with Gasteiger partial charge in [-0.05, 0) is 62.3 Å². The summed E-state index contributed by atoms with van der Waals surface area (Å²) >= 11 is 0. The minimum absolute atomic E-state index is 0.108. The molecule has 0 bridgehead atoms. The summed E-state index contributed by atoms with van der Waals surface area (Å²) in [5.74, 6) is 1.74. The van der Waals surface area contributed by atoms with Gasteiger partial charge in [-0.25, -0.2) is 9.97 Å². The molecule has 0 radical (unpaired) electrons. The van der Waals surface area contributed by atoms with Crippen LogP contribution in [0, 0.1) is 5.41 Å². The summed E-state index contributed by atoms with van der Waals surface area (Å²) in [4.78, 5) is 23.2. The van der Waals surface area contributed by atoms with Gasteiger partial charge in [0, 0.05) is 55.2 Å². The van der Waals surface area contributed by atoms with Crippen molar-refractivity contribution in [3.05, 3.63) is 43.0 Å². The molecule has 0 amide bonds. The number of aliphatic hydroxyl groups excluding tert-OH is 1. The second-order valence-electron chi connectivity index (χ2n) is 9.42. The molecule has 7 nitrogen and oxygen atoms in total. The van der Waals surface area contributed by atoms with Crippen LogP contribution in [0.25, 0.3) is 22.3 Å². The summed E-state index contributed by atoms with van der Waals surface area (Å²) in [5.41, 5.74) is 2.25. The van der Waals surface area contributed by atoms with E-state index < -0.39 is 0 Å². The van der Waals surface area contributed by atoms with E-state index in [9.17, 15) is 5.11 Å². The third kappa shape index (κ3) is 3.36. The highest BCUT2D eigenvalue weighted by molar-refractivity contribution is 5.90. The quantitative estimate of drug-likeness (QED) is 0.703. The van der Waals surface area contributed by atoms with E-state index in [0.717, 1.165) is 67.1 Å². The van der Waals surface area contributed by atoms with E-state index >= 15 is 0 Å². The number of hydrogen-bond donors (Lipinski definition) is 1. The Bertz CT molecular complexity index is 1080. The van der Waals surface area contributed by atoms with Crippen LogP contribution in [0.1, 0.15) is 32.1 Å². The summed E-state index contributed by atoms with van der Waals surface area (Å²) in [6, 6.07) is 6.34. The van der Waals surface area contributed by atoms with Crippen molar-refractivity contribution in [3.8, 4) is 11.4 Å². The van der Waals surface area contributed by atoms with Crippen molar-refractivity contribution < 1.29 is 5.11 Å². The highest BCUT2D eigenvalue weighted by Crippen LogP contribution is 2.44. The smallest absolute Gasteiger partial charge is 0.162 e. The maximum atomic E-state index is 10.1. The summed E-state index contributed by atoms with van der Waals surface area (Å²) in [6.45, 7) is 4.28. The van der Waals surface area contributed by atoms with Crippen LogP contribution in [0.3, 0.4) is 0 Å². The van der Waals surface area contributed by atoms with Gasteiger partial charge in [-0.15, -0.1) is 0 Å². The first kappa shape index (κ1) is 19.1. The van der Waals surface area contributed by atoms with Crippen molar-refractivity contribution in [1.29, 1.82) is 0 Å². The number of nitrogens with zero attached hydrogens (tertiary/aromatic N) is 6. The number of hydrogen-bond acceptors (Lipinski definition) is 7. The molecule has 1 spiro atoms. The van der Waals surface area contributed by atoms with Gasteiger partial charge >= 0.3 is 0 Å². The molecule has 2 saturated heterocycles. The van der Waals surface area contributed by atoms with Gasteiger partial charge in [0.05, 0.1) is 17.8 Å². The van der Waals surface area contributed by atoms with Gasteiger partial charge in [-0.1, -0.05) is 0 Å². The second-order valence-corrected chi connectivity index (χ2v) is 9.42. The van der Waals surface area contributed by atoms with Crippen LogP contribution < -0.4 is 4.90 Å². The van der Waals surface area contributed by atoms with E-state index in [1.54, 1.807) is 12.4 Å². The number of pyridine rings is 2.